The summed E-state index contributed by atoms with van der Waals surface area (Å²) in [6, 6.07) is 3.08. The Hall–Kier alpha value is -1.91. The van der Waals surface area contributed by atoms with Crippen LogP contribution in [0.4, 0.5) is 0 Å². The van der Waals surface area contributed by atoms with Gasteiger partial charge in [-0.1, -0.05) is 19.3 Å². The molecule has 1 aromatic rings. The number of carboxylic acid groups (broad SMARTS) is 1. The maximum Gasteiger partial charge on any atom is 0.314 e. The van der Waals surface area contributed by atoms with E-state index in [4.69, 9.17) is 9.47 Å². The molecular weight excluding hydrogens is 248 g/mol. The van der Waals surface area contributed by atoms with Gasteiger partial charge >= 0.3 is 5.97 Å². The highest BCUT2D eigenvalue weighted by molar-refractivity contribution is 5.83. The third-order valence-corrected chi connectivity index (χ3v) is 4.12. The number of phenols is 1. The fourth-order valence-corrected chi connectivity index (χ4v) is 3.07. The SMILES string of the molecule is O=C(O)C1(c2cc3c(cc2O)OCO3)CCCCC1. The van der Waals surface area contributed by atoms with Gasteiger partial charge in [0.05, 0.1) is 5.41 Å². The Morgan fingerprint density at radius 3 is 2.37 bits per heavy atom. The van der Waals surface area contributed by atoms with Crippen molar-refractivity contribution in [3.8, 4) is 17.2 Å². The molecule has 1 heterocycles. The fourth-order valence-electron chi connectivity index (χ4n) is 3.07. The molecule has 0 atom stereocenters. The zero-order valence-electron chi connectivity index (χ0n) is 10.5. The predicted octanol–water partition coefficient (Wildman–Crippen LogP) is 2.41. The van der Waals surface area contributed by atoms with Gasteiger partial charge in [-0.05, 0) is 18.9 Å². The van der Waals surface area contributed by atoms with Crippen LogP contribution in [-0.2, 0) is 10.2 Å². The van der Waals surface area contributed by atoms with E-state index in [1.165, 1.54) is 6.07 Å². The van der Waals surface area contributed by atoms with Crippen LogP contribution in [0.2, 0.25) is 0 Å². The van der Waals surface area contributed by atoms with Crippen LogP contribution in [0.1, 0.15) is 37.7 Å². The number of fused-ring (bicyclic) bond motifs is 1. The molecule has 2 aliphatic rings. The summed E-state index contributed by atoms with van der Waals surface area (Å²) < 4.78 is 10.5. The highest BCUT2D eigenvalue weighted by Crippen LogP contribution is 2.47. The fraction of sp³-hybridized carbons (Fsp3) is 0.500. The van der Waals surface area contributed by atoms with Crippen LogP contribution >= 0.6 is 0 Å². The van der Waals surface area contributed by atoms with Gasteiger partial charge in [0.2, 0.25) is 6.79 Å². The van der Waals surface area contributed by atoms with Crippen LogP contribution in [-0.4, -0.2) is 23.0 Å². The van der Waals surface area contributed by atoms with Crippen molar-refractivity contribution in [1.82, 2.24) is 0 Å². The summed E-state index contributed by atoms with van der Waals surface area (Å²) in [6.07, 6.45) is 3.87. The van der Waals surface area contributed by atoms with Crippen LogP contribution in [0.25, 0.3) is 0 Å². The first-order valence-electron chi connectivity index (χ1n) is 6.50. The molecule has 5 heteroatoms. The van der Waals surface area contributed by atoms with E-state index in [1.807, 2.05) is 0 Å². The van der Waals surface area contributed by atoms with Gasteiger partial charge in [-0.3, -0.25) is 4.79 Å². The summed E-state index contributed by atoms with van der Waals surface area (Å²) in [6.45, 7) is 0.109. The summed E-state index contributed by atoms with van der Waals surface area (Å²) in [7, 11) is 0. The van der Waals surface area contributed by atoms with E-state index in [2.05, 4.69) is 0 Å². The number of rotatable bonds is 2. The van der Waals surface area contributed by atoms with Gasteiger partial charge in [-0.2, -0.15) is 0 Å². The van der Waals surface area contributed by atoms with Crippen LogP contribution in [0.5, 0.6) is 17.2 Å². The average Bonchev–Trinajstić information content (AvgIpc) is 2.85. The van der Waals surface area contributed by atoms with Gasteiger partial charge in [0.15, 0.2) is 11.5 Å². The standard InChI is InChI=1S/C14H16O5/c15-10-7-12-11(18-8-19-12)6-9(10)14(13(16)17)4-2-1-3-5-14/h6-7,15H,1-5,8H2,(H,16,17). The van der Waals surface area contributed by atoms with Crippen molar-refractivity contribution in [3.63, 3.8) is 0 Å². The van der Waals surface area contributed by atoms with Crippen molar-refractivity contribution in [2.75, 3.05) is 6.79 Å². The average molecular weight is 264 g/mol. The molecule has 0 amide bonds. The third kappa shape index (κ3) is 1.80. The summed E-state index contributed by atoms with van der Waals surface area (Å²) in [5.41, 5.74) is -0.549. The van der Waals surface area contributed by atoms with Gasteiger partial charge < -0.3 is 19.7 Å². The molecule has 0 spiro atoms. The summed E-state index contributed by atoms with van der Waals surface area (Å²) >= 11 is 0. The monoisotopic (exact) mass is 264 g/mol. The van der Waals surface area contributed by atoms with Gasteiger partial charge in [0.25, 0.3) is 0 Å². The minimum atomic E-state index is -0.997. The zero-order chi connectivity index (χ0) is 13.5. The molecule has 1 aliphatic carbocycles. The Labute approximate surface area is 110 Å². The van der Waals surface area contributed by atoms with Crippen molar-refractivity contribution in [3.05, 3.63) is 17.7 Å². The Bertz CT molecular complexity index is 517. The van der Waals surface area contributed by atoms with Crippen LogP contribution < -0.4 is 9.47 Å². The molecule has 1 fully saturated rings. The lowest BCUT2D eigenvalue weighted by Crippen LogP contribution is -2.37. The number of hydrogen-bond donors (Lipinski definition) is 2. The second kappa shape index (κ2) is 4.33. The molecule has 0 aromatic heterocycles. The van der Waals surface area contributed by atoms with E-state index in [9.17, 15) is 15.0 Å². The minimum absolute atomic E-state index is 0.0199. The molecule has 0 bridgehead atoms. The zero-order valence-corrected chi connectivity index (χ0v) is 10.5. The van der Waals surface area contributed by atoms with E-state index >= 15 is 0 Å². The molecule has 102 valence electrons. The van der Waals surface area contributed by atoms with Crippen LogP contribution in [0, 0.1) is 0 Å². The normalized spacial score (nSPS) is 20.2. The first kappa shape index (κ1) is 12.1. The number of aromatic hydroxyl groups is 1. The first-order chi connectivity index (χ1) is 9.13. The lowest BCUT2D eigenvalue weighted by atomic mass is 9.69. The maximum absolute atomic E-state index is 11.7. The molecule has 3 rings (SSSR count). The summed E-state index contributed by atoms with van der Waals surface area (Å²) in [5.74, 6) is 0.0894. The molecule has 1 aromatic carbocycles. The lowest BCUT2D eigenvalue weighted by Gasteiger charge is -2.34. The number of aliphatic carboxylic acids is 1. The van der Waals surface area contributed by atoms with Crippen LogP contribution in [0.15, 0.2) is 12.1 Å². The van der Waals surface area contributed by atoms with E-state index in [0.29, 0.717) is 29.9 Å². The molecule has 0 radical (unpaired) electrons. The first-order valence-corrected chi connectivity index (χ1v) is 6.50. The molecule has 19 heavy (non-hydrogen) atoms. The predicted molar refractivity (Wildman–Crippen MR) is 66.6 cm³/mol. The highest BCUT2D eigenvalue weighted by Gasteiger charge is 2.44. The largest absolute Gasteiger partial charge is 0.507 e. The number of carboxylic acids is 1. The van der Waals surface area contributed by atoms with E-state index < -0.39 is 11.4 Å². The second-order valence-electron chi connectivity index (χ2n) is 5.17. The van der Waals surface area contributed by atoms with Gasteiger partial charge in [-0.15, -0.1) is 0 Å². The molecule has 0 saturated heterocycles. The summed E-state index contributed by atoms with van der Waals surface area (Å²) in [4.78, 5) is 11.7. The van der Waals surface area contributed by atoms with E-state index in [1.54, 1.807) is 6.07 Å². The highest BCUT2D eigenvalue weighted by atomic mass is 16.7. The van der Waals surface area contributed by atoms with Crippen LogP contribution in [0.3, 0.4) is 0 Å². The van der Waals surface area contributed by atoms with Crippen molar-refractivity contribution in [1.29, 1.82) is 0 Å². The van der Waals surface area contributed by atoms with Crippen molar-refractivity contribution >= 4 is 5.97 Å². The summed E-state index contributed by atoms with van der Waals surface area (Å²) in [5, 5.41) is 19.8. The topological polar surface area (TPSA) is 76.0 Å². The number of hydrogen-bond acceptors (Lipinski definition) is 4. The van der Waals surface area contributed by atoms with Crippen molar-refractivity contribution in [2.45, 2.75) is 37.5 Å². The quantitative estimate of drug-likeness (QED) is 0.857. The van der Waals surface area contributed by atoms with Gasteiger partial charge in [0.1, 0.15) is 5.75 Å². The third-order valence-electron chi connectivity index (χ3n) is 4.12. The minimum Gasteiger partial charge on any atom is -0.507 e. The van der Waals surface area contributed by atoms with E-state index in [-0.39, 0.29) is 12.5 Å². The number of benzene rings is 1. The van der Waals surface area contributed by atoms with Gasteiger partial charge in [-0.25, -0.2) is 0 Å². The molecule has 2 N–H and O–H groups in total. The van der Waals surface area contributed by atoms with Crippen molar-refractivity contribution < 1.29 is 24.5 Å². The lowest BCUT2D eigenvalue weighted by molar-refractivity contribution is -0.145. The Morgan fingerprint density at radius 2 is 1.74 bits per heavy atom. The molecule has 1 aliphatic heterocycles. The Balaban J connectivity index is 2.10. The number of carbonyl (C=O) groups is 1. The maximum atomic E-state index is 11.7. The van der Waals surface area contributed by atoms with Gasteiger partial charge in [0, 0.05) is 11.6 Å². The molecule has 5 nitrogen and oxygen atoms in total. The number of ether oxygens (including phenoxy) is 2. The van der Waals surface area contributed by atoms with Crippen molar-refractivity contribution in [2.24, 2.45) is 0 Å². The smallest absolute Gasteiger partial charge is 0.314 e. The second-order valence-corrected chi connectivity index (χ2v) is 5.17. The Kier molecular flexibility index (Phi) is 2.77. The Morgan fingerprint density at radius 1 is 1.11 bits per heavy atom. The van der Waals surface area contributed by atoms with E-state index in [0.717, 1.165) is 19.3 Å². The molecule has 0 unspecified atom stereocenters. The molecular formula is C14H16O5. The number of phenolic OH excluding ortho intramolecular Hbond substituents is 1. The molecule has 1 saturated carbocycles.